The lowest BCUT2D eigenvalue weighted by molar-refractivity contribution is -0.120. The van der Waals surface area contributed by atoms with E-state index in [4.69, 9.17) is 5.73 Å². The zero-order chi connectivity index (χ0) is 14.5. The number of hydrogen-bond donors (Lipinski definition) is 3. The van der Waals surface area contributed by atoms with Crippen LogP contribution in [-0.4, -0.2) is 27.9 Å². The molecule has 6 nitrogen and oxygen atoms in total. The van der Waals surface area contributed by atoms with E-state index >= 15 is 0 Å². The Morgan fingerprint density at radius 3 is 2.68 bits per heavy atom. The summed E-state index contributed by atoms with van der Waals surface area (Å²) in [6.45, 7) is -0.120. The third kappa shape index (κ3) is 4.27. The molecule has 0 unspecified atom stereocenters. The number of sulfonamides is 1. The van der Waals surface area contributed by atoms with Crippen LogP contribution in [0.15, 0.2) is 23.1 Å². The van der Waals surface area contributed by atoms with Crippen LogP contribution in [0.1, 0.15) is 12.0 Å². The van der Waals surface area contributed by atoms with Crippen molar-refractivity contribution in [3.63, 3.8) is 0 Å². The molecule has 106 valence electrons. The first-order chi connectivity index (χ1) is 8.90. The molecule has 0 aromatic heterocycles. The summed E-state index contributed by atoms with van der Waals surface area (Å²) in [6, 6.07) is 3.38. The lowest BCUT2D eigenvalue weighted by Gasteiger charge is -2.08. The molecule has 0 radical (unpaired) electrons. The maximum absolute atomic E-state index is 13.2. The van der Waals surface area contributed by atoms with E-state index < -0.39 is 15.8 Å². The first-order valence-corrected chi connectivity index (χ1v) is 7.07. The fourth-order valence-corrected chi connectivity index (χ4v) is 2.46. The van der Waals surface area contributed by atoms with Gasteiger partial charge in [0.1, 0.15) is 5.82 Å². The van der Waals surface area contributed by atoms with Gasteiger partial charge in [-0.2, -0.15) is 0 Å². The molecular weight excluding hydrogens is 273 g/mol. The van der Waals surface area contributed by atoms with Gasteiger partial charge in [0, 0.05) is 32.1 Å². The molecule has 1 amide bonds. The van der Waals surface area contributed by atoms with E-state index in [2.05, 4.69) is 10.0 Å². The molecule has 19 heavy (non-hydrogen) atoms. The van der Waals surface area contributed by atoms with Crippen molar-refractivity contribution < 1.29 is 17.6 Å². The van der Waals surface area contributed by atoms with Gasteiger partial charge in [-0.3, -0.25) is 4.79 Å². The summed E-state index contributed by atoms with van der Waals surface area (Å²) in [4.78, 5) is 10.9. The normalized spacial score (nSPS) is 11.3. The van der Waals surface area contributed by atoms with Crippen LogP contribution in [0.3, 0.4) is 0 Å². The first-order valence-electron chi connectivity index (χ1n) is 5.59. The lowest BCUT2D eigenvalue weighted by Crippen LogP contribution is -2.29. The molecule has 0 fully saturated rings. The Balaban J connectivity index is 2.80. The molecule has 0 aliphatic heterocycles. The monoisotopic (exact) mass is 289 g/mol. The highest BCUT2D eigenvalue weighted by Crippen LogP contribution is 2.14. The minimum absolute atomic E-state index is 0.0284. The molecule has 0 heterocycles. The van der Waals surface area contributed by atoms with Gasteiger partial charge in [-0.15, -0.1) is 0 Å². The average Bonchev–Trinajstić information content (AvgIpc) is 2.38. The molecule has 0 aliphatic rings. The molecule has 1 rings (SSSR count). The predicted octanol–water partition coefficient (Wildman–Crippen LogP) is -0.301. The van der Waals surface area contributed by atoms with Crippen molar-refractivity contribution in [3.8, 4) is 0 Å². The summed E-state index contributed by atoms with van der Waals surface area (Å²) in [5, 5.41) is 2.38. The third-order valence-electron chi connectivity index (χ3n) is 2.47. The van der Waals surface area contributed by atoms with Crippen LogP contribution < -0.4 is 15.8 Å². The first kappa shape index (κ1) is 15.5. The van der Waals surface area contributed by atoms with Crippen molar-refractivity contribution in [1.82, 2.24) is 10.0 Å². The summed E-state index contributed by atoms with van der Waals surface area (Å²) in [5.41, 5.74) is 5.43. The Hall–Kier alpha value is -1.51. The molecule has 8 heteroatoms. The van der Waals surface area contributed by atoms with Crippen LogP contribution in [0.25, 0.3) is 0 Å². The highest BCUT2D eigenvalue weighted by Gasteiger charge is 2.15. The zero-order valence-corrected chi connectivity index (χ0v) is 11.3. The van der Waals surface area contributed by atoms with Crippen LogP contribution >= 0.6 is 0 Å². The topological polar surface area (TPSA) is 101 Å². The summed E-state index contributed by atoms with van der Waals surface area (Å²) < 4.78 is 39.2. The van der Waals surface area contributed by atoms with Crippen molar-refractivity contribution in [3.05, 3.63) is 29.6 Å². The Morgan fingerprint density at radius 1 is 1.42 bits per heavy atom. The van der Waals surface area contributed by atoms with Gasteiger partial charge >= 0.3 is 0 Å². The molecule has 0 atom stereocenters. The van der Waals surface area contributed by atoms with Crippen LogP contribution in [-0.2, 0) is 21.4 Å². The Bertz CT molecular complexity index is 560. The van der Waals surface area contributed by atoms with Crippen LogP contribution in [0, 0.1) is 5.82 Å². The number of hydrogen-bond acceptors (Lipinski definition) is 4. The van der Waals surface area contributed by atoms with Crippen molar-refractivity contribution in [2.24, 2.45) is 5.73 Å². The molecule has 0 aliphatic carbocycles. The number of carbonyl (C=O) groups excluding carboxylic acids is 1. The highest BCUT2D eigenvalue weighted by molar-refractivity contribution is 7.89. The molecule has 0 spiro atoms. The van der Waals surface area contributed by atoms with E-state index in [0.29, 0.717) is 0 Å². The maximum atomic E-state index is 13.2. The van der Waals surface area contributed by atoms with E-state index in [1.165, 1.54) is 13.1 Å². The van der Waals surface area contributed by atoms with Crippen molar-refractivity contribution in [2.75, 3.05) is 13.6 Å². The minimum Gasteiger partial charge on any atom is -0.359 e. The third-order valence-corrected chi connectivity index (χ3v) is 3.93. The number of nitrogens with one attached hydrogen (secondary N) is 2. The molecule has 4 N–H and O–H groups in total. The minimum atomic E-state index is -3.77. The lowest BCUT2D eigenvalue weighted by atomic mass is 10.2. The van der Waals surface area contributed by atoms with Crippen molar-refractivity contribution in [1.29, 1.82) is 0 Å². The zero-order valence-electron chi connectivity index (χ0n) is 10.4. The standard InChI is InChI=1S/C11H16FN3O3S/c1-14-11(16)4-5-15-19(17,18)9-2-3-10(12)8(6-9)7-13/h2-3,6,15H,4-5,7,13H2,1H3,(H,14,16). The van der Waals surface area contributed by atoms with Crippen LogP contribution in [0.4, 0.5) is 4.39 Å². The van der Waals surface area contributed by atoms with Gasteiger partial charge in [-0.1, -0.05) is 0 Å². The largest absolute Gasteiger partial charge is 0.359 e. The van der Waals surface area contributed by atoms with Gasteiger partial charge in [0.05, 0.1) is 4.90 Å². The number of carbonyl (C=O) groups is 1. The fraction of sp³-hybridized carbons (Fsp3) is 0.364. The Morgan fingerprint density at radius 2 is 2.11 bits per heavy atom. The summed E-state index contributed by atoms with van der Waals surface area (Å²) in [6.07, 6.45) is 0.0284. The molecule has 0 saturated heterocycles. The summed E-state index contributed by atoms with van der Waals surface area (Å²) in [7, 11) is -2.30. The number of benzene rings is 1. The second kappa shape index (κ2) is 6.60. The molecule has 1 aromatic rings. The van der Waals surface area contributed by atoms with Crippen molar-refractivity contribution in [2.45, 2.75) is 17.9 Å². The SMILES string of the molecule is CNC(=O)CCNS(=O)(=O)c1ccc(F)c(CN)c1. The van der Waals surface area contributed by atoms with E-state index in [1.807, 2.05) is 0 Å². The number of amides is 1. The highest BCUT2D eigenvalue weighted by atomic mass is 32.2. The van der Waals surface area contributed by atoms with Gasteiger partial charge in [0.15, 0.2) is 0 Å². The molecule has 0 saturated carbocycles. The van der Waals surface area contributed by atoms with Gasteiger partial charge in [-0.25, -0.2) is 17.5 Å². The van der Waals surface area contributed by atoms with E-state index in [0.717, 1.165) is 12.1 Å². The molecular formula is C11H16FN3O3S. The van der Waals surface area contributed by atoms with E-state index in [1.54, 1.807) is 0 Å². The van der Waals surface area contributed by atoms with E-state index in [9.17, 15) is 17.6 Å². The fourth-order valence-electron chi connectivity index (χ4n) is 1.38. The van der Waals surface area contributed by atoms with Crippen molar-refractivity contribution >= 4 is 15.9 Å². The quantitative estimate of drug-likeness (QED) is 0.669. The smallest absolute Gasteiger partial charge is 0.240 e. The molecule has 0 bridgehead atoms. The van der Waals surface area contributed by atoms with Crippen LogP contribution in [0.2, 0.25) is 0 Å². The number of halogens is 1. The Kier molecular flexibility index (Phi) is 5.40. The maximum Gasteiger partial charge on any atom is 0.240 e. The summed E-state index contributed by atoms with van der Waals surface area (Å²) >= 11 is 0. The van der Waals surface area contributed by atoms with Gasteiger partial charge in [0.2, 0.25) is 15.9 Å². The van der Waals surface area contributed by atoms with Gasteiger partial charge < -0.3 is 11.1 Å². The second-order valence-electron chi connectivity index (χ2n) is 3.78. The second-order valence-corrected chi connectivity index (χ2v) is 5.55. The van der Waals surface area contributed by atoms with E-state index in [-0.39, 0.29) is 35.9 Å². The number of nitrogens with two attached hydrogens (primary N) is 1. The van der Waals surface area contributed by atoms with Gasteiger partial charge in [-0.05, 0) is 18.2 Å². The van der Waals surface area contributed by atoms with Crippen LogP contribution in [0.5, 0.6) is 0 Å². The Labute approximate surface area is 111 Å². The number of rotatable bonds is 6. The summed E-state index contributed by atoms with van der Waals surface area (Å²) in [5.74, 6) is -0.823. The average molecular weight is 289 g/mol. The van der Waals surface area contributed by atoms with Gasteiger partial charge in [0.25, 0.3) is 0 Å². The molecule has 1 aromatic carbocycles. The predicted molar refractivity (Wildman–Crippen MR) is 68.2 cm³/mol.